The van der Waals surface area contributed by atoms with Crippen molar-refractivity contribution in [3.05, 3.63) is 48.7 Å². The number of aromatic amines is 1. The summed E-state index contributed by atoms with van der Waals surface area (Å²) in [4.78, 5) is 3.22. The maximum Gasteiger partial charge on any atom is 0.0591 e. The maximum atomic E-state index is 5.44. The fourth-order valence-electron chi connectivity index (χ4n) is 1.94. The Morgan fingerprint density at radius 3 is 3.11 bits per heavy atom. The largest absolute Gasteiger partial charge is 0.380 e. The van der Waals surface area contributed by atoms with Gasteiger partial charge in [-0.2, -0.15) is 0 Å². The number of fused-ring (bicyclic) bond motifs is 1. The van der Waals surface area contributed by atoms with Gasteiger partial charge in [0.1, 0.15) is 0 Å². The summed E-state index contributed by atoms with van der Waals surface area (Å²) in [5.41, 5.74) is 2.51. The Kier molecular flexibility index (Phi) is 5.00. The third-order valence-electron chi connectivity index (χ3n) is 2.89. The van der Waals surface area contributed by atoms with E-state index in [4.69, 9.17) is 4.74 Å². The van der Waals surface area contributed by atoms with Crippen LogP contribution in [0.2, 0.25) is 0 Å². The van der Waals surface area contributed by atoms with Crippen molar-refractivity contribution in [2.45, 2.75) is 13.0 Å². The molecule has 0 fully saturated rings. The van der Waals surface area contributed by atoms with Gasteiger partial charge in [-0.1, -0.05) is 18.2 Å². The zero-order chi connectivity index (χ0) is 12.6. The predicted molar refractivity (Wildman–Crippen MR) is 75.6 cm³/mol. The molecular formula is C15H20N2O. The van der Waals surface area contributed by atoms with Crippen LogP contribution in [0.1, 0.15) is 12.0 Å². The highest BCUT2D eigenvalue weighted by molar-refractivity contribution is 5.82. The standard InChI is InChI=1S/C15H20N2O/c1-2-3-10-18-11-9-16-12-13-5-4-6-15-14(13)7-8-17-15/h2,4-8,16-17H,1,3,9-12H2. The number of rotatable bonds is 8. The molecule has 96 valence electrons. The van der Waals surface area contributed by atoms with E-state index in [9.17, 15) is 0 Å². The van der Waals surface area contributed by atoms with E-state index in [1.165, 1.54) is 16.5 Å². The minimum Gasteiger partial charge on any atom is -0.380 e. The van der Waals surface area contributed by atoms with Gasteiger partial charge in [-0.3, -0.25) is 0 Å². The highest BCUT2D eigenvalue weighted by atomic mass is 16.5. The third-order valence-corrected chi connectivity index (χ3v) is 2.89. The fraction of sp³-hybridized carbons (Fsp3) is 0.333. The highest BCUT2D eigenvalue weighted by Crippen LogP contribution is 2.16. The van der Waals surface area contributed by atoms with Crippen LogP contribution >= 0.6 is 0 Å². The molecule has 3 nitrogen and oxygen atoms in total. The molecule has 2 aromatic rings. The van der Waals surface area contributed by atoms with E-state index in [0.29, 0.717) is 0 Å². The Balaban J connectivity index is 1.73. The lowest BCUT2D eigenvalue weighted by atomic mass is 10.1. The second-order valence-electron chi connectivity index (χ2n) is 4.22. The van der Waals surface area contributed by atoms with Gasteiger partial charge in [-0.25, -0.2) is 0 Å². The molecule has 3 heteroatoms. The second-order valence-corrected chi connectivity index (χ2v) is 4.22. The lowest BCUT2D eigenvalue weighted by Crippen LogP contribution is -2.19. The van der Waals surface area contributed by atoms with E-state index in [-0.39, 0.29) is 0 Å². The Bertz CT molecular complexity index is 490. The lowest BCUT2D eigenvalue weighted by Gasteiger charge is -2.06. The first kappa shape index (κ1) is 12.9. The Morgan fingerprint density at radius 2 is 2.22 bits per heavy atom. The van der Waals surface area contributed by atoms with Crippen LogP contribution in [0.4, 0.5) is 0 Å². The van der Waals surface area contributed by atoms with Gasteiger partial charge in [-0.05, 0) is 24.1 Å². The number of H-pyrrole nitrogens is 1. The number of hydrogen-bond donors (Lipinski definition) is 2. The molecule has 0 unspecified atom stereocenters. The van der Waals surface area contributed by atoms with Gasteiger partial charge in [0.15, 0.2) is 0 Å². The molecule has 0 aliphatic heterocycles. The van der Waals surface area contributed by atoms with Crippen LogP contribution in [0, 0.1) is 0 Å². The average Bonchev–Trinajstić information content (AvgIpc) is 2.86. The topological polar surface area (TPSA) is 37.0 Å². The average molecular weight is 244 g/mol. The predicted octanol–water partition coefficient (Wildman–Crippen LogP) is 2.85. The van der Waals surface area contributed by atoms with Gasteiger partial charge >= 0.3 is 0 Å². The highest BCUT2D eigenvalue weighted by Gasteiger charge is 2.00. The van der Waals surface area contributed by atoms with Crippen LogP contribution in [-0.2, 0) is 11.3 Å². The van der Waals surface area contributed by atoms with E-state index in [1.54, 1.807) is 0 Å². The first-order chi connectivity index (χ1) is 8.92. The second kappa shape index (κ2) is 6.99. The number of aromatic nitrogens is 1. The molecule has 1 aromatic heterocycles. The monoisotopic (exact) mass is 244 g/mol. The molecule has 1 aromatic carbocycles. The van der Waals surface area contributed by atoms with E-state index >= 15 is 0 Å². The molecule has 0 spiro atoms. The summed E-state index contributed by atoms with van der Waals surface area (Å²) in [6.07, 6.45) is 4.77. The normalized spacial score (nSPS) is 10.9. The molecule has 2 rings (SSSR count). The van der Waals surface area contributed by atoms with Crippen LogP contribution in [0.5, 0.6) is 0 Å². The van der Waals surface area contributed by atoms with Crippen LogP contribution in [-0.4, -0.2) is 24.7 Å². The van der Waals surface area contributed by atoms with E-state index in [0.717, 1.165) is 32.7 Å². The van der Waals surface area contributed by atoms with Gasteiger partial charge in [0.25, 0.3) is 0 Å². The van der Waals surface area contributed by atoms with Gasteiger partial charge < -0.3 is 15.0 Å². The summed E-state index contributed by atoms with van der Waals surface area (Å²) in [5, 5.41) is 4.69. The zero-order valence-corrected chi connectivity index (χ0v) is 10.6. The van der Waals surface area contributed by atoms with Crippen LogP contribution in [0.15, 0.2) is 43.1 Å². The molecule has 0 saturated heterocycles. The Hall–Kier alpha value is -1.58. The molecule has 0 saturated carbocycles. The summed E-state index contributed by atoms with van der Waals surface area (Å²) >= 11 is 0. The summed E-state index contributed by atoms with van der Waals surface area (Å²) in [5.74, 6) is 0. The van der Waals surface area contributed by atoms with Gasteiger partial charge in [0, 0.05) is 30.2 Å². The molecule has 0 atom stereocenters. The smallest absolute Gasteiger partial charge is 0.0591 e. The molecule has 1 heterocycles. The number of benzene rings is 1. The molecule has 18 heavy (non-hydrogen) atoms. The Labute approximate surface area is 108 Å². The minimum atomic E-state index is 0.747. The zero-order valence-electron chi connectivity index (χ0n) is 10.6. The van der Waals surface area contributed by atoms with E-state index < -0.39 is 0 Å². The summed E-state index contributed by atoms with van der Waals surface area (Å²) in [7, 11) is 0. The third kappa shape index (κ3) is 3.45. The van der Waals surface area contributed by atoms with E-state index in [1.807, 2.05) is 12.3 Å². The van der Waals surface area contributed by atoms with Crippen molar-refractivity contribution in [1.29, 1.82) is 0 Å². The molecule has 0 bridgehead atoms. The number of nitrogens with one attached hydrogen (secondary N) is 2. The van der Waals surface area contributed by atoms with Crippen molar-refractivity contribution in [2.24, 2.45) is 0 Å². The van der Waals surface area contributed by atoms with Gasteiger partial charge in [0.05, 0.1) is 13.2 Å². The van der Waals surface area contributed by atoms with Crippen LogP contribution in [0.25, 0.3) is 10.9 Å². The summed E-state index contributed by atoms with van der Waals surface area (Å²) in [6.45, 7) is 6.92. The number of ether oxygens (including phenoxy) is 1. The molecule has 0 radical (unpaired) electrons. The van der Waals surface area contributed by atoms with Crippen molar-refractivity contribution < 1.29 is 4.74 Å². The summed E-state index contributed by atoms with van der Waals surface area (Å²) < 4.78 is 5.44. The van der Waals surface area contributed by atoms with Gasteiger partial charge in [-0.15, -0.1) is 6.58 Å². The van der Waals surface area contributed by atoms with E-state index in [2.05, 4.69) is 41.1 Å². The first-order valence-corrected chi connectivity index (χ1v) is 6.36. The molecule has 2 N–H and O–H groups in total. The maximum absolute atomic E-state index is 5.44. The van der Waals surface area contributed by atoms with Crippen molar-refractivity contribution in [1.82, 2.24) is 10.3 Å². The van der Waals surface area contributed by atoms with Gasteiger partial charge in [0.2, 0.25) is 0 Å². The minimum absolute atomic E-state index is 0.747. The first-order valence-electron chi connectivity index (χ1n) is 6.36. The summed E-state index contributed by atoms with van der Waals surface area (Å²) in [6, 6.07) is 8.45. The molecule has 0 aliphatic rings. The van der Waals surface area contributed by atoms with Crippen molar-refractivity contribution in [2.75, 3.05) is 19.8 Å². The molecule has 0 aliphatic carbocycles. The van der Waals surface area contributed by atoms with Crippen LogP contribution in [0.3, 0.4) is 0 Å². The van der Waals surface area contributed by atoms with Crippen molar-refractivity contribution in [3.63, 3.8) is 0 Å². The fourth-order valence-corrected chi connectivity index (χ4v) is 1.94. The van der Waals surface area contributed by atoms with Crippen molar-refractivity contribution in [3.8, 4) is 0 Å². The molecular weight excluding hydrogens is 224 g/mol. The number of hydrogen-bond acceptors (Lipinski definition) is 2. The lowest BCUT2D eigenvalue weighted by molar-refractivity contribution is 0.140. The van der Waals surface area contributed by atoms with Crippen molar-refractivity contribution >= 4 is 10.9 Å². The Morgan fingerprint density at radius 1 is 1.28 bits per heavy atom. The molecule has 0 amide bonds. The van der Waals surface area contributed by atoms with Crippen LogP contribution < -0.4 is 5.32 Å². The quantitative estimate of drug-likeness (QED) is 0.553. The SMILES string of the molecule is C=CCCOCCNCc1cccc2[nH]ccc12.